The van der Waals surface area contributed by atoms with Gasteiger partial charge in [0.05, 0.1) is 19.1 Å². The predicted octanol–water partition coefficient (Wildman–Crippen LogP) is 6.18. The van der Waals surface area contributed by atoms with E-state index in [4.69, 9.17) is 9.47 Å². The molecule has 0 aromatic heterocycles. The van der Waals surface area contributed by atoms with Crippen LogP contribution in [0.4, 0.5) is 5.69 Å². The van der Waals surface area contributed by atoms with Gasteiger partial charge in [-0.3, -0.25) is 9.69 Å². The van der Waals surface area contributed by atoms with Gasteiger partial charge in [0, 0.05) is 31.9 Å². The average Bonchev–Trinajstić information content (AvgIpc) is 2.96. The third kappa shape index (κ3) is 6.34. The molecular formula is C32H40N2O3. The molecule has 3 aromatic carbocycles. The Bertz CT molecular complexity index is 1140. The maximum absolute atomic E-state index is 13.1. The lowest BCUT2D eigenvalue weighted by atomic mass is 9.74. The van der Waals surface area contributed by atoms with Gasteiger partial charge in [-0.25, -0.2) is 0 Å². The summed E-state index contributed by atoms with van der Waals surface area (Å²) < 4.78 is 11.0. The van der Waals surface area contributed by atoms with Gasteiger partial charge in [-0.05, 0) is 73.7 Å². The van der Waals surface area contributed by atoms with E-state index in [0.717, 1.165) is 63.3 Å². The zero-order valence-electron chi connectivity index (χ0n) is 22.5. The zero-order chi connectivity index (χ0) is 26.1. The number of esters is 1. The number of rotatable bonds is 11. The highest BCUT2D eigenvalue weighted by atomic mass is 16.5. The van der Waals surface area contributed by atoms with Gasteiger partial charge in [0.25, 0.3) is 0 Å². The molecule has 1 unspecified atom stereocenters. The van der Waals surface area contributed by atoms with Crippen LogP contribution in [0.25, 0.3) is 11.1 Å². The Morgan fingerprint density at radius 2 is 1.57 bits per heavy atom. The van der Waals surface area contributed by atoms with Crippen molar-refractivity contribution in [2.24, 2.45) is 0 Å². The number of piperazine rings is 1. The first-order valence-electron chi connectivity index (χ1n) is 13.5. The highest BCUT2D eigenvalue weighted by molar-refractivity contribution is 5.83. The standard InChI is InChI=1S/C32H40N2O3/c1-4-32(31(35)37-5-2,28-14-7-6-8-15-28)18-11-19-33-20-22-34(23-21-33)29-16-9-12-26(24-29)27-13-10-17-30(25-27)36-3/h6-10,12-17,24-25H,4-5,11,18-23H2,1-3H3. The third-order valence-corrected chi connectivity index (χ3v) is 7.66. The molecule has 1 saturated heterocycles. The van der Waals surface area contributed by atoms with Crippen LogP contribution in [0.15, 0.2) is 78.9 Å². The van der Waals surface area contributed by atoms with Crippen molar-refractivity contribution in [3.05, 3.63) is 84.4 Å². The lowest BCUT2D eigenvalue weighted by Gasteiger charge is -2.37. The first kappa shape index (κ1) is 26.7. The number of carbonyl (C=O) groups is 1. The van der Waals surface area contributed by atoms with Crippen molar-refractivity contribution in [1.29, 1.82) is 0 Å². The van der Waals surface area contributed by atoms with Gasteiger partial charge in [0.2, 0.25) is 0 Å². The smallest absolute Gasteiger partial charge is 0.316 e. The molecule has 3 aromatic rings. The van der Waals surface area contributed by atoms with Crippen molar-refractivity contribution in [3.8, 4) is 16.9 Å². The Hall–Kier alpha value is -3.31. The van der Waals surface area contributed by atoms with Gasteiger partial charge >= 0.3 is 5.97 Å². The second-order valence-electron chi connectivity index (χ2n) is 9.74. The van der Waals surface area contributed by atoms with Crippen molar-refractivity contribution >= 4 is 11.7 Å². The molecule has 0 aliphatic carbocycles. The van der Waals surface area contributed by atoms with E-state index in [1.807, 2.05) is 37.3 Å². The zero-order valence-corrected chi connectivity index (χ0v) is 22.5. The normalized spacial score (nSPS) is 15.7. The van der Waals surface area contributed by atoms with Gasteiger partial charge < -0.3 is 14.4 Å². The topological polar surface area (TPSA) is 42.0 Å². The molecule has 5 heteroatoms. The predicted molar refractivity (Wildman–Crippen MR) is 151 cm³/mol. The number of ether oxygens (including phenoxy) is 2. The molecule has 1 aliphatic rings. The summed E-state index contributed by atoms with van der Waals surface area (Å²) in [5.74, 6) is 0.781. The van der Waals surface area contributed by atoms with E-state index in [9.17, 15) is 4.79 Å². The van der Waals surface area contributed by atoms with Crippen LogP contribution >= 0.6 is 0 Å². The summed E-state index contributed by atoms with van der Waals surface area (Å²) in [4.78, 5) is 18.1. The van der Waals surface area contributed by atoms with Gasteiger partial charge in [0.15, 0.2) is 0 Å². The van der Waals surface area contributed by atoms with Crippen LogP contribution < -0.4 is 9.64 Å². The molecule has 0 N–H and O–H groups in total. The second kappa shape index (κ2) is 12.8. The van der Waals surface area contributed by atoms with Crippen LogP contribution in [0.2, 0.25) is 0 Å². The summed E-state index contributed by atoms with van der Waals surface area (Å²) in [6.45, 7) is 9.42. The van der Waals surface area contributed by atoms with Crippen molar-refractivity contribution < 1.29 is 14.3 Å². The van der Waals surface area contributed by atoms with Crippen LogP contribution in [-0.4, -0.2) is 57.3 Å². The van der Waals surface area contributed by atoms with E-state index in [1.165, 1.54) is 16.8 Å². The summed E-state index contributed by atoms with van der Waals surface area (Å²) in [5.41, 5.74) is 4.13. The van der Waals surface area contributed by atoms with Gasteiger partial charge in [-0.1, -0.05) is 61.5 Å². The van der Waals surface area contributed by atoms with E-state index in [1.54, 1.807) is 7.11 Å². The fourth-order valence-electron chi connectivity index (χ4n) is 5.43. The highest BCUT2D eigenvalue weighted by Crippen LogP contribution is 2.35. The fourth-order valence-corrected chi connectivity index (χ4v) is 5.43. The third-order valence-electron chi connectivity index (χ3n) is 7.66. The first-order valence-corrected chi connectivity index (χ1v) is 13.5. The van der Waals surface area contributed by atoms with Crippen LogP contribution in [-0.2, 0) is 14.9 Å². The van der Waals surface area contributed by atoms with Crippen LogP contribution in [0, 0.1) is 0 Å². The molecule has 0 saturated carbocycles. The van der Waals surface area contributed by atoms with Crippen molar-refractivity contribution in [2.45, 2.75) is 38.5 Å². The van der Waals surface area contributed by atoms with E-state index in [2.05, 4.69) is 65.3 Å². The minimum absolute atomic E-state index is 0.0931. The molecule has 0 bridgehead atoms. The largest absolute Gasteiger partial charge is 0.497 e. The summed E-state index contributed by atoms with van der Waals surface area (Å²) >= 11 is 0. The molecule has 1 atom stereocenters. The number of benzene rings is 3. The SMILES string of the molecule is CCOC(=O)C(CC)(CCCN1CCN(c2cccc(-c3cccc(OC)c3)c2)CC1)c1ccccc1. The average molecular weight is 501 g/mol. The lowest BCUT2D eigenvalue weighted by molar-refractivity contribution is -0.150. The van der Waals surface area contributed by atoms with E-state index >= 15 is 0 Å². The Morgan fingerprint density at radius 3 is 2.24 bits per heavy atom. The maximum Gasteiger partial charge on any atom is 0.316 e. The van der Waals surface area contributed by atoms with Crippen molar-refractivity contribution in [1.82, 2.24) is 4.90 Å². The Morgan fingerprint density at radius 1 is 0.865 bits per heavy atom. The quantitative estimate of drug-likeness (QED) is 0.294. The van der Waals surface area contributed by atoms with Gasteiger partial charge in [-0.2, -0.15) is 0 Å². The number of hydrogen-bond donors (Lipinski definition) is 0. The molecule has 1 heterocycles. The molecule has 5 nitrogen and oxygen atoms in total. The minimum atomic E-state index is -0.570. The molecule has 37 heavy (non-hydrogen) atoms. The molecule has 196 valence electrons. The number of anilines is 1. The molecule has 1 aliphatic heterocycles. The first-order chi connectivity index (χ1) is 18.1. The number of hydrogen-bond acceptors (Lipinski definition) is 5. The highest BCUT2D eigenvalue weighted by Gasteiger charge is 2.39. The summed E-state index contributed by atoms with van der Waals surface area (Å²) in [6.07, 6.45) is 2.51. The van der Waals surface area contributed by atoms with Crippen LogP contribution in [0.3, 0.4) is 0 Å². The fraction of sp³-hybridized carbons (Fsp3) is 0.406. The summed E-state index contributed by atoms with van der Waals surface area (Å²) in [7, 11) is 1.70. The van der Waals surface area contributed by atoms with E-state index < -0.39 is 5.41 Å². The Kier molecular flexibility index (Phi) is 9.24. The minimum Gasteiger partial charge on any atom is -0.497 e. The molecular weight excluding hydrogens is 460 g/mol. The van der Waals surface area contributed by atoms with Crippen molar-refractivity contribution in [3.63, 3.8) is 0 Å². The van der Waals surface area contributed by atoms with Crippen LogP contribution in [0.1, 0.15) is 38.7 Å². The number of carbonyl (C=O) groups excluding carboxylic acids is 1. The summed E-state index contributed by atoms with van der Waals surface area (Å²) in [5, 5.41) is 0. The molecule has 0 radical (unpaired) electrons. The van der Waals surface area contributed by atoms with E-state index in [-0.39, 0.29) is 5.97 Å². The van der Waals surface area contributed by atoms with Crippen LogP contribution in [0.5, 0.6) is 5.75 Å². The van der Waals surface area contributed by atoms with Gasteiger partial charge in [-0.15, -0.1) is 0 Å². The molecule has 0 spiro atoms. The molecule has 0 amide bonds. The monoisotopic (exact) mass is 500 g/mol. The molecule has 1 fully saturated rings. The Labute approximate surface area is 222 Å². The second-order valence-corrected chi connectivity index (χ2v) is 9.74. The number of methoxy groups -OCH3 is 1. The molecule has 4 rings (SSSR count). The van der Waals surface area contributed by atoms with Crippen molar-refractivity contribution in [2.75, 3.05) is 51.3 Å². The summed E-state index contributed by atoms with van der Waals surface area (Å²) in [6, 6.07) is 27.2. The lowest BCUT2D eigenvalue weighted by Crippen LogP contribution is -2.47. The van der Waals surface area contributed by atoms with E-state index in [0.29, 0.717) is 6.61 Å². The van der Waals surface area contributed by atoms with Gasteiger partial charge in [0.1, 0.15) is 5.75 Å². The Balaban J connectivity index is 1.35. The maximum atomic E-state index is 13.1. The number of nitrogens with zero attached hydrogens (tertiary/aromatic N) is 2.